The molecule has 104 valence electrons. The van der Waals surface area contributed by atoms with Crippen LogP contribution in [0.15, 0.2) is 30.7 Å². The van der Waals surface area contributed by atoms with Gasteiger partial charge in [-0.25, -0.2) is 4.98 Å². The van der Waals surface area contributed by atoms with Crippen molar-refractivity contribution in [2.24, 2.45) is 0 Å². The normalized spacial score (nSPS) is 10.1. The Kier molecular flexibility index (Phi) is 4.38. The summed E-state index contributed by atoms with van der Waals surface area (Å²) in [4.78, 5) is 22.2. The summed E-state index contributed by atoms with van der Waals surface area (Å²) >= 11 is 0. The van der Waals surface area contributed by atoms with E-state index in [1.807, 2.05) is 18.2 Å². The summed E-state index contributed by atoms with van der Waals surface area (Å²) in [5.74, 6) is 0.0723. The van der Waals surface area contributed by atoms with E-state index < -0.39 is 4.92 Å². The van der Waals surface area contributed by atoms with Crippen LogP contribution in [0.2, 0.25) is 0 Å². The van der Waals surface area contributed by atoms with Crippen molar-refractivity contribution in [3.8, 4) is 5.88 Å². The molecular weight excluding hydrogens is 262 g/mol. The molecule has 0 bridgehead atoms. The molecule has 0 aliphatic heterocycles. The van der Waals surface area contributed by atoms with Crippen LogP contribution >= 0.6 is 0 Å². The first kappa shape index (κ1) is 13.7. The highest BCUT2D eigenvalue weighted by atomic mass is 16.6. The first-order valence-electron chi connectivity index (χ1n) is 5.92. The highest BCUT2D eigenvalue weighted by Crippen LogP contribution is 2.30. The molecule has 0 amide bonds. The Labute approximate surface area is 115 Å². The summed E-state index contributed by atoms with van der Waals surface area (Å²) in [6.07, 6.45) is 3.44. The minimum absolute atomic E-state index is 0.0507. The van der Waals surface area contributed by atoms with Crippen molar-refractivity contribution in [1.82, 2.24) is 15.0 Å². The van der Waals surface area contributed by atoms with Gasteiger partial charge < -0.3 is 10.1 Å². The van der Waals surface area contributed by atoms with Crippen LogP contribution in [-0.2, 0) is 6.42 Å². The van der Waals surface area contributed by atoms with E-state index in [1.54, 1.807) is 13.2 Å². The molecule has 0 saturated heterocycles. The third-order valence-electron chi connectivity index (χ3n) is 2.53. The van der Waals surface area contributed by atoms with Crippen molar-refractivity contribution in [3.63, 3.8) is 0 Å². The summed E-state index contributed by atoms with van der Waals surface area (Å²) < 4.78 is 5.37. The molecule has 2 aromatic heterocycles. The van der Waals surface area contributed by atoms with Crippen LogP contribution < -0.4 is 10.1 Å². The minimum atomic E-state index is -0.568. The predicted molar refractivity (Wildman–Crippen MR) is 71.7 cm³/mol. The zero-order valence-corrected chi connectivity index (χ0v) is 10.8. The van der Waals surface area contributed by atoms with Gasteiger partial charge in [-0.15, -0.1) is 0 Å². The Morgan fingerprint density at radius 1 is 1.35 bits per heavy atom. The molecular formula is C12H13N5O3. The van der Waals surface area contributed by atoms with Crippen molar-refractivity contribution in [2.75, 3.05) is 19.0 Å². The molecule has 0 atom stereocenters. The van der Waals surface area contributed by atoms with Gasteiger partial charge in [0.15, 0.2) is 0 Å². The van der Waals surface area contributed by atoms with Crippen LogP contribution in [0.1, 0.15) is 5.69 Å². The van der Waals surface area contributed by atoms with Crippen molar-refractivity contribution < 1.29 is 9.66 Å². The molecule has 0 radical (unpaired) electrons. The molecule has 2 aromatic rings. The third kappa shape index (κ3) is 3.16. The highest BCUT2D eigenvalue weighted by Gasteiger charge is 2.23. The van der Waals surface area contributed by atoms with Crippen molar-refractivity contribution in [1.29, 1.82) is 0 Å². The van der Waals surface area contributed by atoms with E-state index in [0.717, 1.165) is 5.69 Å². The average molecular weight is 275 g/mol. The highest BCUT2D eigenvalue weighted by molar-refractivity contribution is 5.60. The quantitative estimate of drug-likeness (QED) is 0.628. The summed E-state index contributed by atoms with van der Waals surface area (Å²) in [7, 11) is 1.55. The fraction of sp³-hybridized carbons (Fsp3) is 0.250. The van der Waals surface area contributed by atoms with Gasteiger partial charge in [-0.2, -0.15) is 4.98 Å². The van der Waals surface area contributed by atoms with E-state index in [2.05, 4.69) is 20.3 Å². The fourth-order valence-corrected chi connectivity index (χ4v) is 1.61. The lowest BCUT2D eigenvalue weighted by atomic mass is 10.3. The van der Waals surface area contributed by atoms with Gasteiger partial charge in [0.25, 0.3) is 5.88 Å². The van der Waals surface area contributed by atoms with Gasteiger partial charge in [0.1, 0.15) is 6.33 Å². The van der Waals surface area contributed by atoms with Crippen molar-refractivity contribution in [3.05, 3.63) is 46.5 Å². The van der Waals surface area contributed by atoms with Crippen LogP contribution in [0.3, 0.4) is 0 Å². The number of hydrogen-bond donors (Lipinski definition) is 1. The number of rotatable bonds is 6. The molecule has 0 aliphatic carbocycles. The van der Waals surface area contributed by atoms with Gasteiger partial charge in [-0.1, -0.05) is 6.07 Å². The van der Waals surface area contributed by atoms with E-state index in [4.69, 9.17) is 4.74 Å². The lowest BCUT2D eigenvalue weighted by Crippen LogP contribution is -2.08. The lowest BCUT2D eigenvalue weighted by Gasteiger charge is -2.07. The van der Waals surface area contributed by atoms with Gasteiger partial charge in [-0.05, 0) is 12.1 Å². The number of aromatic nitrogens is 3. The predicted octanol–water partition coefficient (Wildman–Crippen LogP) is 1.44. The van der Waals surface area contributed by atoms with Crippen LogP contribution in [-0.4, -0.2) is 33.5 Å². The standard InChI is InChI=1S/C12H13N5O3/c1-13-11-10(17(18)19)12(16-8-15-11)20-7-5-9-4-2-3-6-14-9/h2-4,6,8H,5,7H2,1H3,(H,13,15,16). The first-order valence-corrected chi connectivity index (χ1v) is 5.92. The second-order valence-electron chi connectivity index (χ2n) is 3.80. The van der Waals surface area contributed by atoms with Gasteiger partial charge in [0.2, 0.25) is 5.82 Å². The Morgan fingerprint density at radius 3 is 2.85 bits per heavy atom. The van der Waals surface area contributed by atoms with Gasteiger partial charge in [0, 0.05) is 25.4 Å². The van der Waals surface area contributed by atoms with E-state index >= 15 is 0 Å². The molecule has 8 heteroatoms. The molecule has 1 N–H and O–H groups in total. The maximum atomic E-state index is 11.0. The number of hydrogen-bond acceptors (Lipinski definition) is 7. The molecule has 20 heavy (non-hydrogen) atoms. The van der Waals surface area contributed by atoms with E-state index in [-0.39, 0.29) is 24.0 Å². The second kappa shape index (κ2) is 6.41. The topological polar surface area (TPSA) is 103 Å². The van der Waals surface area contributed by atoms with Gasteiger partial charge in [0.05, 0.1) is 11.5 Å². The molecule has 0 fully saturated rings. The molecule has 0 spiro atoms. The third-order valence-corrected chi connectivity index (χ3v) is 2.53. The van der Waals surface area contributed by atoms with Gasteiger partial charge >= 0.3 is 5.69 Å². The monoisotopic (exact) mass is 275 g/mol. The molecule has 0 aliphatic rings. The number of pyridine rings is 1. The van der Waals surface area contributed by atoms with Gasteiger partial charge in [-0.3, -0.25) is 15.1 Å². The van der Waals surface area contributed by atoms with Crippen LogP contribution in [0.5, 0.6) is 5.88 Å². The molecule has 2 rings (SSSR count). The summed E-state index contributed by atoms with van der Waals surface area (Å²) in [6.45, 7) is 0.248. The second-order valence-corrected chi connectivity index (χ2v) is 3.80. The first-order chi connectivity index (χ1) is 9.72. The summed E-state index contributed by atoms with van der Waals surface area (Å²) in [6, 6.07) is 5.55. The number of nitro groups is 1. The Balaban J connectivity index is 2.08. The zero-order valence-electron chi connectivity index (χ0n) is 10.8. The maximum Gasteiger partial charge on any atom is 0.372 e. The SMILES string of the molecule is CNc1ncnc(OCCc2ccccn2)c1[N+](=O)[O-]. The average Bonchev–Trinajstić information content (AvgIpc) is 2.47. The van der Waals surface area contributed by atoms with Crippen molar-refractivity contribution in [2.45, 2.75) is 6.42 Å². The van der Waals surface area contributed by atoms with Crippen LogP contribution in [0, 0.1) is 10.1 Å². The summed E-state index contributed by atoms with van der Waals surface area (Å²) in [5.41, 5.74) is 0.578. The van der Waals surface area contributed by atoms with Crippen LogP contribution in [0.25, 0.3) is 0 Å². The smallest absolute Gasteiger partial charge is 0.372 e. The maximum absolute atomic E-state index is 11.0. The number of anilines is 1. The Morgan fingerprint density at radius 2 is 2.20 bits per heavy atom. The Hall–Kier alpha value is -2.77. The number of nitrogens with one attached hydrogen (secondary N) is 1. The fourth-order valence-electron chi connectivity index (χ4n) is 1.61. The molecule has 0 aromatic carbocycles. The van der Waals surface area contributed by atoms with Crippen LogP contribution in [0.4, 0.5) is 11.5 Å². The molecule has 0 saturated carbocycles. The van der Waals surface area contributed by atoms with E-state index in [0.29, 0.717) is 6.42 Å². The minimum Gasteiger partial charge on any atom is -0.472 e. The summed E-state index contributed by atoms with van der Waals surface area (Å²) in [5, 5.41) is 13.7. The van der Waals surface area contributed by atoms with E-state index in [9.17, 15) is 10.1 Å². The molecule has 8 nitrogen and oxygen atoms in total. The molecule has 2 heterocycles. The lowest BCUT2D eigenvalue weighted by molar-refractivity contribution is -0.385. The van der Waals surface area contributed by atoms with E-state index in [1.165, 1.54) is 6.33 Å². The molecule has 0 unspecified atom stereocenters. The number of ether oxygens (including phenoxy) is 1. The largest absolute Gasteiger partial charge is 0.472 e. The Bertz CT molecular complexity index is 591. The zero-order chi connectivity index (χ0) is 14.4. The number of nitrogens with zero attached hydrogens (tertiary/aromatic N) is 4. The van der Waals surface area contributed by atoms with Crippen molar-refractivity contribution >= 4 is 11.5 Å².